The molecule has 0 bridgehead atoms. The van der Waals surface area contributed by atoms with Gasteiger partial charge in [0, 0.05) is 22.2 Å². The number of thiophene rings is 1. The largest absolute Gasteiger partial charge is 0.465 e. The minimum atomic E-state index is -0.840. The molecule has 1 fully saturated rings. The Morgan fingerprint density at radius 2 is 1.93 bits per heavy atom. The predicted octanol–water partition coefficient (Wildman–Crippen LogP) is 3.53. The quantitative estimate of drug-likeness (QED) is 0.555. The molecule has 1 aromatic rings. The molecule has 1 aliphatic carbocycles. The summed E-state index contributed by atoms with van der Waals surface area (Å²) in [5, 5.41) is 1.91. The Bertz CT molecular complexity index is 839. The molecule has 0 spiro atoms. The standard InChI is InChI=1S/C21H25NO5S/c1-5-26-20(24)15-11(3)10-13-17(19(15)23)18(14-8-7-9-28-14)16(12(4)22-13)21(25)27-6-2/h7-9,11,15,17-18H,5-6,10H2,1-4H3/t11-,15-,17?,18+/m0/s1. The van der Waals surface area contributed by atoms with Crippen LogP contribution in [0.3, 0.4) is 0 Å². The maximum atomic E-state index is 13.5. The number of nitrogens with zero attached hydrogens (tertiary/aromatic N) is 1. The van der Waals surface area contributed by atoms with E-state index in [1.54, 1.807) is 20.8 Å². The average molecular weight is 404 g/mol. The second-order valence-corrected chi connectivity index (χ2v) is 8.09. The Labute approximate surface area is 168 Å². The summed E-state index contributed by atoms with van der Waals surface area (Å²) in [7, 11) is 0. The van der Waals surface area contributed by atoms with E-state index >= 15 is 0 Å². The molecule has 3 rings (SSSR count). The summed E-state index contributed by atoms with van der Waals surface area (Å²) in [5.74, 6) is -3.33. The molecular formula is C21H25NO5S. The van der Waals surface area contributed by atoms with Crippen LogP contribution in [0, 0.1) is 17.8 Å². The summed E-state index contributed by atoms with van der Waals surface area (Å²) >= 11 is 1.48. The third kappa shape index (κ3) is 3.55. The molecular weight excluding hydrogens is 378 g/mol. The van der Waals surface area contributed by atoms with Gasteiger partial charge >= 0.3 is 11.9 Å². The van der Waals surface area contributed by atoms with E-state index < -0.39 is 29.7 Å². The van der Waals surface area contributed by atoms with Crippen molar-refractivity contribution in [2.45, 2.75) is 40.0 Å². The third-order valence-corrected chi connectivity index (χ3v) is 6.26. The lowest BCUT2D eigenvalue weighted by molar-refractivity contribution is -0.154. The molecule has 2 heterocycles. The normalized spacial score (nSPS) is 27.1. The molecule has 28 heavy (non-hydrogen) atoms. The maximum Gasteiger partial charge on any atom is 0.336 e. The number of ketones is 1. The zero-order valence-corrected chi connectivity index (χ0v) is 17.4. The molecule has 0 radical (unpaired) electrons. The second-order valence-electron chi connectivity index (χ2n) is 7.11. The molecule has 0 amide bonds. The highest BCUT2D eigenvalue weighted by Crippen LogP contribution is 2.46. The number of carbonyl (C=O) groups excluding carboxylic acids is 3. The highest BCUT2D eigenvalue weighted by molar-refractivity contribution is 7.10. The minimum absolute atomic E-state index is 0.192. The lowest BCUT2D eigenvalue weighted by Gasteiger charge is -2.39. The van der Waals surface area contributed by atoms with Gasteiger partial charge < -0.3 is 9.47 Å². The van der Waals surface area contributed by atoms with Crippen molar-refractivity contribution in [3.05, 3.63) is 33.7 Å². The van der Waals surface area contributed by atoms with Crippen molar-refractivity contribution in [3.63, 3.8) is 0 Å². The molecule has 0 N–H and O–H groups in total. The number of hydrogen-bond donors (Lipinski definition) is 0. The Morgan fingerprint density at radius 3 is 2.54 bits per heavy atom. The van der Waals surface area contributed by atoms with Crippen LogP contribution in [0.15, 0.2) is 33.8 Å². The Balaban J connectivity index is 2.10. The summed E-state index contributed by atoms with van der Waals surface area (Å²) in [6, 6.07) is 3.80. The lowest BCUT2D eigenvalue weighted by atomic mass is 9.65. The first-order valence-electron chi connectivity index (χ1n) is 9.59. The number of carbonyl (C=O) groups is 3. The second kappa shape index (κ2) is 8.39. The molecule has 2 aliphatic rings. The van der Waals surface area contributed by atoms with Gasteiger partial charge in [-0.15, -0.1) is 11.3 Å². The van der Waals surface area contributed by atoms with Crippen LogP contribution in [-0.2, 0) is 23.9 Å². The van der Waals surface area contributed by atoms with Crippen molar-refractivity contribution < 1.29 is 23.9 Å². The van der Waals surface area contributed by atoms with E-state index in [1.165, 1.54) is 11.3 Å². The van der Waals surface area contributed by atoms with Gasteiger partial charge in [-0.25, -0.2) is 4.79 Å². The van der Waals surface area contributed by atoms with Crippen molar-refractivity contribution in [2.75, 3.05) is 13.2 Å². The van der Waals surface area contributed by atoms with Gasteiger partial charge in [0.1, 0.15) is 5.92 Å². The molecule has 1 aliphatic heterocycles. The van der Waals surface area contributed by atoms with Crippen molar-refractivity contribution >= 4 is 34.8 Å². The monoisotopic (exact) mass is 403 g/mol. The number of esters is 2. The van der Waals surface area contributed by atoms with Gasteiger partial charge in [0.25, 0.3) is 0 Å². The molecule has 4 atom stereocenters. The molecule has 0 saturated heterocycles. The van der Waals surface area contributed by atoms with E-state index in [0.29, 0.717) is 17.7 Å². The van der Waals surface area contributed by atoms with Gasteiger partial charge in [0.15, 0.2) is 5.78 Å². The SMILES string of the molecule is CCOC(=O)C1=C(C)N=C2C[C@H](C)[C@H](C(=O)OCC)C(=O)C2[C@@H]1c1cccs1. The van der Waals surface area contributed by atoms with Gasteiger partial charge in [-0.3, -0.25) is 14.6 Å². The van der Waals surface area contributed by atoms with Crippen molar-refractivity contribution in [1.82, 2.24) is 0 Å². The predicted molar refractivity (Wildman–Crippen MR) is 106 cm³/mol. The number of Topliss-reactive ketones (excluding diaryl/α,β-unsaturated/α-hetero) is 1. The fourth-order valence-electron chi connectivity index (χ4n) is 4.19. The van der Waals surface area contributed by atoms with Gasteiger partial charge in [0.2, 0.25) is 0 Å². The Morgan fingerprint density at radius 1 is 1.21 bits per heavy atom. The fraction of sp³-hybridized carbons (Fsp3) is 0.524. The Kier molecular flexibility index (Phi) is 6.13. The van der Waals surface area contributed by atoms with E-state index in [-0.39, 0.29) is 24.9 Å². The Hall–Kier alpha value is -2.28. The number of allylic oxidation sites excluding steroid dienone is 1. The topological polar surface area (TPSA) is 82.0 Å². The average Bonchev–Trinajstić information content (AvgIpc) is 3.15. The molecule has 1 aromatic heterocycles. The summed E-state index contributed by atoms with van der Waals surface area (Å²) in [6.07, 6.45) is 0.523. The van der Waals surface area contributed by atoms with E-state index in [4.69, 9.17) is 9.47 Å². The van der Waals surface area contributed by atoms with Gasteiger partial charge in [-0.1, -0.05) is 13.0 Å². The summed E-state index contributed by atoms with van der Waals surface area (Å²) in [6.45, 7) is 7.59. The van der Waals surface area contributed by atoms with Crippen LogP contribution in [0.5, 0.6) is 0 Å². The van der Waals surface area contributed by atoms with Crippen LogP contribution >= 0.6 is 11.3 Å². The van der Waals surface area contributed by atoms with Crippen LogP contribution in [-0.4, -0.2) is 36.6 Å². The molecule has 7 heteroatoms. The zero-order valence-electron chi connectivity index (χ0n) is 16.6. The van der Waals surface area contributed by atoms with E-state index in [0.717, 1.165) is 10.6 Å². The fourth-order valence-corrected chi connectivity index (χ4v) is 5.06. The van der Waals surface area contributed by atoms with Crippen LogP contribution < -0.4 is 0 Å². The number of hydrogen-bond acceptors (Lipinski definition) is 7. The van der Waals surface area contributed by atoms with Gasteiger partial charge in [0.05, 0.1) is 24.7 Å². The van der Waals surface area contributed by atoms with Crippen LogP contribution in [0.4, 0.5) is 0 Å². The smallest absolute Gasteiger partial charge is 0.336 e. The zero-order chi connectivity index (χ0) is 20.4. The van der Waals surface area contributed by atoms with Crippen LogP contribution in [0.25, 0.3) is 0 Å². The van der Waals surface area contributed by atoms with Crippen molar-refractivity contribution in [3.8, 4) is 0 Å². The van der Waals surface area contributed by atoms with E-state index in [9.17, 15) is 14.4 Å². The molecule has 6 nitrogen and oxygen atoms in total. The van der Waals surface area contributed by atoms with Gasteiger partial charge in [-0.2, -0.15) is 0 Å². The molecule has 0 aromatic carbocycles. The number of aliphatic imine (C=N–C) groups is 1. The molecule has 1 unspecified atom stereocenters. The third-order valence-electron chi connectivity index (χ3n) is 5.30. The van der Waals surface area contributed by atoms with Crippen LogP contribution in [0.1, 0.15) is 44.9 Å². The first kappa shape index (κ1) is 20.5. The molecule has 150 valence electrons. The summed E-state index contributed by atoms with van der Waals surface area (Å²) < 4.78 is 10.4. The van der Waals surface area contributed by atoms with E-state index in [2.05, 4.69) is 4.99 Å². The molecule has 1 saturated carbocycles. The number of ether oxygens (including phenoxy) is 2. The maximum absolute atomic E-state index is 13.5. The van der Waals surface area contributed by atoms with Crippen molar-refractivity contribution in [2.24, 2.45) is 22.7 Å². The van der Waals surface area contributed by atoms with Crippen LogP contribution in [0.2, 0.25) is 0 Å². The first-order valence-corrected chi connectivity index (χ1v) is 10.5. The van der Waals surface area contributed by atoms with Gasteiger partial charge in [-0.05, 0) is 44.6 Å². The highest BCUT2D eigenvalue weighted by Gasteiger charge is 2.51. The lowest BCUT2D eigenvalue weighted by Crippen LogP contribution is -2.48. The summed E-state index contributed by atoms with van der Waals surface area (Å²) in [5.41, 5.74) is 1.73. The summed E-state index contributed by atoms with van der Waals surface area (Å²) in [4.78, 5) is 44.2. The number of fused-ring (bicyclic) bond motifs is 1. The van der Waals surface area contributed by atoms with Crippen molar-refractivity contribution in [1.29, 1.82) is 0 Å². The number of rotatable bonds is 5. The minimum Gasteiger partial charge on any atom is -0.465 e. The van der Waals surface area contributed by atoms with E-state index in [1.807, 2.05) is 24.4 Å². The first-order chi connectivity index (χ1) is 13.4. The highest BCUT2D eigenvalue weighted by atomic mass is 32.1.